The van der Waals surface area contributed by atoms with Crippen LogP contribution < -0.4 is 14.8 Å². The molecule has 2 aromatic rings. The Hall–Kier alpha value is -2.38. The van der Waals surface area contributed by atoms with Crippen LogP contribution in [0.1, 0.15) is 48.8 Å². The summed E-state index contributed by atoms with van der Waals surface area (Å²) >= 11 is 0. The highest BCUT2D eigenvalue weighted by atomic mass is 32.2. The molecule has 1 amide bonds. The van der Waals surface area contributed by atoms with Gasteiger partial charge in [0.25, 0.3) is 0 Å². The smallest absolute Gasteiger partial charge is 0.240 e. The van der Waals surface area contributed by atoms with Crippen molar-refractivity contribution in [1.29, 1.82) is 0 Å². The molecule has 1 aliphatic rings. The van der Waals surface area contributed by atoms with Gasteiger partial charge in [0.1, 0.15) is 5.75 Å². The third kappa shape index (κ3) is 7.08. The van der Waals surface area contributed by atoms with Crippen molar-refractivity contribution < 1.29 is 17.9 Å². The number of aryl methyl sites for hydroxylation is 3. The molecule has 0 aromatic heterocycles. The van der Waals surface area contributed by atoms with Gasteiger partial charge in [-0.25, -0.2) is 13.1 Å². The van der Waals surface area contributed by atoms with E-state index in [-0.39, 0.29) is 23.9 Å². The molecule has 0 radical (unpaired) electrons. The number of hydrogen-bond donors (Lipinski definition) is 2. The highest BCUT2D eigenvalue weighted by Crippen LogP contribution is 2.24. The zero-order chi connectivity index (χ0) is 22.3. The van der Waals surface area contributed by atoms with Crippen molar-refractivity contribution in [2.45, 2.75) is 63.4 Å². The van der Waals surface area contributed by atoms with Gasteiger partial charge in [0, 0.05) is 19.5 Å². The molecule has 0 saturated heterocycles. The topological polar surface area (TPSA) is 84.5 Å². The van der Waals surface area contributed by atoms with E-state index in [9.17, 15) is 13.2 Å². The summed E-state index contributed by atoms with van der Waals surface area (Å²) in [6.07, 6.45) is 5.94. The fourth-order valence-corrected chi connectivity index (χ4v) is 5.14. The maximum Gasteiger partial charge on any atom is 0.240 e. The molecule has 31 heavy (non-hydrogen) atoms. The number of sulfonamides is 1. The van der Waals surface area contributed by atoms with E-state index in [0.29, 0.717) is 24.5 Å². The Balaban J connectivity index is 1.40. The number of carbonyl (C=O) groups excluding carboxylic acids is 1. The molecule has 6 nitrogen and oxygen atoms in total. The number of nitrogens with one attached hydrogen (secondary N) is 2. The summed E-state index contributed by atoms with van der Waals surface area (Å²) in [7, 11) is -3.60. The van der Waals surface area contributed by atoms with Gasteiger partial charge in [0.15, 0.2) is 0 Å². The number of benzene rings is 2. The van der Waals surface area contributed by atoms with Crippen LogP contribution in [0.5, 0.6) is 5.75 Å². The lowest BCUT2D eigenvalue weighted by Gasteiger charge is -2.14. The molecule has 0 unspecified atom stereocenters. The molecule has 1 saturated carbocycles. The maximum absolute atomic E-state index is 12.5. The number of ether oxygens (including phenoxy) is 1. The first kappa shape index (κ1) is 23.3. The van der Waals surface area contributed by atoms with Gasteiger partial charge in [-0.05, 0) is 80.8 Å². The van der Waals surface area contributed by atoms with E-state index < -0.39 is 10.0 Å². The van der Waals surface area contributed by atoms with Crippen LogP contribution >= 0.6 is 0 Å². The SMILES string of the molecule is Cc1ccc(C)c(S(=O)(=O)NCCNC(=O)CCc2cccc(OC3CCCC3)c2)c1. The van der Waals surface area contributed by atoms with Crippen molar-refractivity contribution in [2.75, 3.05) is 13.1 Å². The fourth-order valence-electron chi connectivity index (χ4n) is 3.78. The first-order chi connectivity index (χ1) is 14.8. The summed E-state index contributed by atoms with van der Waals surface area (Å²) in [5.41, 5.74) is 2.64. The fraction of sp³-hybridized carbons (Fsp3) is 0.458. The van der Waals surface area contributed by atoms with Crippen LogP contribution in [-0.4, -0.2) is 33.5 Å². The lowest BCUT2D eigenvalue weighted by molar-refractivity contribution is -0.121. The zero-order valence-electron chi connectivity index (χ0n) is 18.3. The summed E-state index contributed by atoms with van der Waals surface area (Å²) < 4.78 is 33.5. The molecule has 3 rings (SSSR count). The zero-order valence-corrected chi connectivity index (χ0v) is 19.1. The minimum Gasteiger partial charge on any atom is -0.490 e. The van der Waals surface area contributed by atoms with Crippen LogP contribution in [0.3, 0.4) is 0 Å². The van der Waals surface area contributed by atoms with Crippen LogP contribution in [0.25, 0.3) is 0 Å². The molecule has 1 aliphatic carbocycles. The monoisotopic (exact) mass is 444 g/mol. The molecule has 168 valence electrons. The third-order valence-electron chi connectivity index (χ3n) is 5.52. The predicted octanol–water partition coefficient (Wildman–Crippen LogP) is 3.65. The van der Waals surface area contributed by atoms with Gasteiger partial charge in [-0.2, -0.15) is 0 Å². The van der Waals surface area contributed by atoms with Crippen LogP contribution in [0.4, 0.5) is 0 Å². The molecule has 2 aromatic carbocycles. The average molecular weight is 445 g/mol. The van der Waals surface area contributed by atoms with E-state index >= 15 is 0 Å². The number of carbonyl (C=O) groups is 1. The second kappa shape index (κ2) is 10.8. The quantitative estimate of drug-likeness (QED) is 0.548. The highest BCUT2D eigenvalue weighted by Gasteiger charge is 2.17. The molecular weight excluding hydrogens is 412 g/mol. The standard InChI is InChI=1S/C24H32N2O4S/c1-18-10-11-19(2)23(16-18)31(28,29)26-15-14-25-24(27)13-12-20-6-5-9-22(17-20)30-21-7-3-4-8-21/h5-6,9-11,16-17,21,26H,3-4,7-8,12-15H2,1-2H3,(H,25,27). The number of hydrogen-bond acceptors (Lipinski definition) is 4. The average Bonchev–Trinajstić information content (AvgIpc) is 3.25. The molecule has 2 N–H and O–H groups in total. The summed E-state index contributed by atoms with van der Waals surface area (Å²) in [5.74, 6) is 0.763. The lowest BCUT2D eigenvalue weighted by atomic mass is 10.1. The third-order valence-corrected chi connectivity index (χ3v) is 7.12. The largest absolute Gasteiger partial charge is 0.490 e. The Morgan fingerprint density at radius 3 is 2.61 bits per heavy atom. The molecular formula is C24H32N2O4S. The van der Waals surface area contributed by atoms with Crippen LogP contribution in [-0.2, 0) is 21.2 Å². The lowest BCUT2D eigenvalue weighted by Crippen LogP contribution is -2.35. The van der Waals surface area contributed by atoms with E-state index in [1.807, 2.05) is 37.3 Å². The molecule has 1 fully saturated rings. The Morgan fingerprint density at radius 2 is 1.84 bits per heavy atom. The molecule has 0 spiro atoms. The van der Waals surface area contributed by atoms with Gasteiger partial charge in [-0.3, -0.25) is 4.79 Å². The molecule has 0 aliphatic heterocycles. The minimum atomic E-state index is -3.60. The van der Waals surface area contributed by atoms with Gasteiger partial charge in [0.2, 0.25) is 15.9 Å². The first-order valence-electron chi connectivity index (χ1n) is 10.9. The van der Waals surface area contributed by atoms with Crippen molar-refractivity contribution in [2.24, 2.45) is 0 Å². The first-order valence-corrected chi connectivity index (χ1v) is 12.4. The summed E-state index contributed by atoms with van der Waals surface area (Å²) in [5, 5.41) is 2.78. The number of rotatable bonds is 10. The van der Waals surface area contributed by atoms with Crippen LogP contribution in [0.15, 0.2) is 47.4 Å². The van der Waals surface area contributed by atoms with E-state index in [2.05, 4.69) is 10.0 Å². The Labute approximate surface area is 185 Å². The van der Waals surface area contributed by atoms with Gasteiger partial charge in [-0.1, -0.05) is 24.3 Å². The van der Waals surface area contributed by atoms with Gasteiger partial charge in [0.05, 0.1) is 11.0 Å². The molecule has 0 heterocycles. The highest BCUT2D eigenvalue weighted by molar-refractivity contribution is 7.89. The van der Waals surface area contributed by atoms with E-state index in [4.69, 9.17) is 4.74 Å². The second-order valence-electron chi connectivity index (χ2n) is 8.19. The van der Waals surface area contributed by atoms with Crippen molar-refractivity contribution in [1.82, 2.24) is 10.0 Å². The van der Waals surface area contributed by atoms with E-state index in [1.54, 1.807) is 19.1 Å². The van der Waals surface area contributed by atoms with Crippen molar-refractivity contribution in [3.05, 3.63) is 59.2 Å². The Kier molecular flexibility index (Phi) is 8.09. The van der Waals surface area contributed by atoms with E-state index in [0.717, 1.165) is 29.7 Å². The number of amides is 1. The van der Waals surface area contributed by atoms with Gasteiger partial charge >= 0.3 is 0 Å². The molecule has 7 heteroatoms. The van der Waals surface area contributed by atoms with Crippen LogP contribution in [0, 0.1) is 13.8 Å². The summed E-state index contributed by atoms with van der Waals surface area (Å²) in [6, 6.07) is 13.2. The van der Waals surface area contributed by atoms with Gasteiger partial charge in [-0.15, -0.1) is 0 Å². The minimum absolute atomic E-state index is 0.104. The second-order valence-corrected chi connectivity index (χ2v) is 9.92. The predicted molar refractivity (Wildman–Crippen MR) is 122 cm³/mol. The summed E-state index contributed by atoms with van der Waals surface area (Å²) in [4.78, 5) is 12.4. The molecule has 0 bridgehead atoms. The molecule has 0 atom stereocenters. The van der Waals surface area contributed by atoms with Crippen molar-refractivity contribution in [3.8, 4) is 5.75 Å². The maximum atomic E-state index is 12.5. The van der Waals surface area contributed by atoms with Crippen molar-refractivity contribution >= 4 is 15.9 Å². The van der Waals surface area contributed by atoms with E-state index in [1.165, 1.54) is 12.8 Å². The Bertz CT molecular complexity index is 998. The summed E-state index contributed by atoms with van der Waals surface area (Å²) in [6.45, 7) is 4.01. The van der Waals surface area contributed by atoms with Crippen molar-refractivity contribution in [3.63, 3.8) is 0 Å². The van der Waals surface area contributed by atoms with Crippen LogP contribution in [0.2, 0.25) is 0 Å². The van der Waals surface area contributed by atoms with Gasteiger partial charge < -0.3 is 10.1 Å². The Morgan fingerprint density at radius 1 is 1.06 bits per heavy atom. The normalized spacial score (nSPS) is 14.5.